The molecule has 2 atom stereocenters. The van der Waals surface area contributed by atoms with Crippen LogP contribution in [0.4, 0.5) is 0 Å². The number of rotatable bonds is 5. The fourth-order valence-electron chi connectivity index (χ4n) is 4.11. The van der Waals surface area contributed by atoms with Gasteiger partial charge in [-0.05, 0) is 57.7 Å². The number of hydrogen-bond acceptors (Lipinski definition) is 5. The van der Waals surface area contributed by atoms with E-state index in [1.54, 1.807) is 19.9 Å². The molecule has 0 aliphatic carbocycles. The van der Waals surface area contributed by atoms with Crippen molar-refractivity contribution in [3.63, 3.8) is 0 Å². The number of sulfonamides is 1. The zero-order valence-electron chi connectivity index (χ0n) is 17.9. The minimum absolute atomic E-state index is 0.0325. The van der Waals surface area contributed by atoms with Gasteiger partial charge in [-0.25, -0.2) is 13.2 Å². The molecule has 1 aliphatic heterocycles. The first-order chi connectivity index (χ1) is 12.8. The Hall–Kier alpha value is -1.70. The molecule has 28 heavy (non-hydrogen) atoms. The first-order valence-corrected chi connectivity index (χ1v) is 10.8. The summed E-state index contributed by atoms with van der Waals surface area (Å²) in [4.78, 5) is 11.8. The standard InChI is InChI=1S/C21H31NO5S/c1-13(2)19-17(9-10-18(23)26-8)27-21(6,7)22(19)28(24,25)20-15(4)11-14(3)12-16(20)5/h9-13,17,19H,1-8H3/b10-9+/t17-,19+/m1/s1. The number of carbonyl (C=O) groups excluding carboxylic acids is 1. The van der Waals surface area contributed by atoms with Crippen LogP contribution in [-0.2, 0) is 24.3 Å². The SMILES string of the molecule is COC(=O)/C=C/[C@H]1OC(C)(C)N(S(=O)(=O)c2c(C)cc(C)cc2C)[C@H]1C(C)C. The third-order valence-electron chi connectivity index (χ3n) is 4.99. The minimum Gasteiger partial charge on any atom is -0.466 e. The lowest BCUT2D eigenvalue weighted by molar-refractivity contribution is -0.134. The Labute approximate surface area is 168 Å². The Morgan fingerprint density at radius 3 is 2.21 bits per heavy atom. The van der Waals surface area contributed by atoms with Gasteiger partial charge in [0.2, 0.25) is 10.0 Å². The number of esters is 1. The highest BCUT2D eigenvalue weighted by Crippen LogP contribution is 2.42. The molecule has 0 unspecified atom stereocenters. The van der Waals surface area contributed by atoms with Gasteiger partial charge >= 0.3 is 5.97 Å². The molecule has 0 saturated carbocycles. The van der Waals surface area contributed by atoms with Gasteiger partial charge in [0, 0.05) is 6.08 Å². The maximum atomic E-state index is 13.8. The topological polar surface area (TPSA) is 72.9 Å². The van der Waals surface area contributed by atoms with Crippen molar-refractivity contribution in [2.75, 3.05) is 7.11 Å². The normalized spacial score (nSPS) is 22.9. The Kier molecular flexibility index (Phi) is 6.43. The second-order valence-electron chi connectivity index (χ2n) is 8.17. The number of hydrogen-bond donors (Lipinski definition) is 0. The zero-order chi connectivity index (χ0) is 21.4. The van der Waals surface area contributed by atoms with E-state index >= 15 is 0 Å². The van der Waals surface area contributed by atoms with Crippen molar-refractivity contribution in [2.45, 2.75) is 71.2 Å². The third kappa shape index (κ3) is 4.16. The molecule has 7 heteroatoms. The molecule has 1 heterocycles. The lowest BCUT2D eigenvalue weighted by Crippen LogP contribution is -2.50. The van der Waals surface area contributed by atoms with Crippen LogP contribution >= 0.6 is 0 Å². The van der Waals surface area contributed by atoms with Gasteiger partial charge in [0.25, 0.3) is 0 Å². The van der Waals surface area contributed by atoms with Crippen molar-refractivity contribution < 1.29 is 22.7 Å². The maximum absolute atomic E-state index is 13.8. The number of carbonyl (C=O) groups is 1. The average Bonchev–Trinajstić information content (AvgIpc) is 2.82. The Balaban J connectivity index is 2.61. The summed E-state index contributed by atoms with van der Waals surface area (Å²) in [6, 6.07) is 3.30. The molecule has 6 nitrogen and oxygen atoms in total. The lowest BCUT2D eigenvalue weighted by atomic mass is 9.99. The van der Waals surface area contributed by atoms with Gasteiger partial charge in [-0.2, -0.15) is 4.31 Å². The summed E-state index contributed by atoms with van der Waals surface area (Å²) in [6.45, 7) is 13.0. The molecule has 1 aromatic rings. The van der Waals surface area contributed by atoms with Gasteiger partial charge in [0.05, 0.1) is 24.2 Å². The molecule has 1 aliphatic rings. The van der Waals surface area contributed by atoms with Crippen molar-refractivity contribution in [1.29, 1.82) is 0 Å². The van der Waals surface area contributed by atoms with Crippen LogP contribution in [0.1, 0.15) is 44.4 Å². The molecule has 1 saturated heterocycles. The van der Waals surface area contributed by atoms with Crippen LogP contribution in [0.2, 0.25) is 0 Å². The number of benzene rings is 1. The summed E-state index contributed by atoms with van der Waals surface area (Å²) in [5.74, 6) is -0.537. The first-order valence-electron chi connectivity index (χ1n) is 9.39. The van der Waals surface area contributed by atoms with Crippen molar-refractivity contribution in [2.24, 2.45) is 5.92 Å². The van der Waals surface area contributed by atoms with Gasteiger partial charge in [-0.15, -0.1) is 0 Å². The van der Waals surface area contributed by atoms with E-state index in [9.17, 15) is 13.2 Å². The highest BCUT2D eigenvalue weighted by molar-refractivity contribution is 7.89. The second kappa shape index (κ2) is 7.97. The minimum atomic E-state index is -3.84. The van der Waals surface area contributed by atoms with Crippen LogP contribution in [0.3, 0.4) is 0 Å². The van der Waals surface area contributed by atoms with Crippen molar-refractivity contribution in [3.8, 4) is 0 Å². The van der Waals surface area contributed by atoms with Crippen molar-refractivity contribution >= 4 is 16.0 Å². The van der Waals surface area contributed by atoms with Crippen molar-refractivity contribution in [1.82, 2.24) is 4.31 Å². The summed E-state index contributed by atoms with van der Waals surface area (Å²) in [7, 11) is -2.54. The van der Waals surface area contributed by atoms with E-state index in [2.05, 4.69) is 4.74 Å². The summed E-state index contributed by atoms with van der Waals surface area (Å²) >= 11 is 0. The van der Waals surface area contributed by atoms with Crippen molar-refractivity contribution in [3.05, 3.63) is 41.0 Å². The largest absolute Gasteiger partial charge is 0.466 e. The lowest BCUT2D eigenvalue weighted by Gasteiger charge is -2.35. The van der Waals surface area contributed by atoms with E-state index < -0.39 is 33.9 Å². The van der Waals surface area contributed by atoms with E-state index in [4.69, 9.17) is 4.74 Å². The monoisotopic (exact) mass is 409 g/mol. The molecule has 1 fully saturated rings. The van der Waals surface area contributed by atoms with E-state index in [1.807, 2.05) is 46.8 Å². The Morgan fingerprint density at radius 2 is 1.75 bits per heavy atom. The average molecular weight is 410 g/mol. The van der Waals surface area contributed by atoms with E-state index in [1.165, 1.54) is 17.5 Å². The molecule has 0 aromatic heterocycles. The van der Waals surface area contributed by atoms with Crippen LogP contribution in [0.15, 0.2) is 29.2 Å². The quantitative estimate of drug-likeness (QED) is 0.550. The fourth-order valence-corrected chi connectivity index (χ4v) is 6.55. The molecular formula is C21H31NO5S. The molecule has 0 bridgehead atoms. The van der Waals surface area contributed by atoms with E-state index in [-0.39, 0.29) is 5.92 Å². The predicted octanol–water partition coefficient (Wildman–Crippen LogP) is 3.49. The third-order valence-corrected chi connectivity index (χ3v) is 7.35. The number of methoxy groups -OCH3 is 1. The molecule has 2 rings (SSSR count). The fraction of sp³-hybridized carbons (Fsp3) is 0.571. The second-order valence-corrected chi connectivity index (χ2v) is 9.93. The number of nitrogens with zero attached hydrogens (tertiary/aromatic N) is 1. The van der Waals surface area contributed by atoms with Crippen LogP contribution < -0.4 is 0 Å². The molecule has 1 aromatic carbocycles. The molecule has 0 radical (unpaired) electrons. The molecule has 0 amide bonds. The van der Waals surface area contributed by atoms with E-state index in [0.717, 1.165) is 5.56 Å². The highest BCUT2D eigenvalue weighted by Gasteiger charge is 2.54. The van der Waals surface area contributed by atoms with Gasteiger partial charge in [0.1, 0.15) is 5.72 Å². The highest BCUT2D eigenvalue weighted by atomic mass is 32.2. The van der Waals surface area contributed by atoms with E-state index in [0.29, 0.717) is 16.0 Å². The molecule has 0 spiro atoms. The van der Waals surface area contributed by atoms with Crippen LogP contribution in [0, 0.1) is 26.7 Å². The molecule has 0 N–H and O–H groups in total. The zero-order valence-corrected chi connectivity index (χ0v) is 18.8. The van der Waals surface area contributed by atoms with Crippen LogP contribution in [-0.4, -0.2) is 43.7 Å². The molecular weight excluding hydrogens is 378 g/mol. The summed E-state index contributed by atoms with van der Waals surface area (Å²) in [5, 5.41) is 0. The van der Waals surface area contributed by atoms with Gasteiger partial charge in [-0.3, -0.25) is 0 Å². The summed E-state index contributed by atoms with van der Waals surface area (Å²) in [6.07, 6.45) is 2.31. The summed E-state index contributed by atoms with van der Waals surface area (Å²) < 4.78 is 39.8. The van der Waals surface area contributed by atoms with Crippen LogP contribution in [0.5, 0.6) is 0 Å². The van der Waals surface area contributed by atoms with Crippen LogP contribution in [0.25, 0.3) is 0 Å². The van der Waals surface area contributed by atoms with Gasteiger partial charge in [-0.1, -0.05) is 31.5 Å². The van der Waals surface area contributed by atoms with Gasteiger partial charge < -0.3 is 9.47 Å². The Bertz CT molecular complexity index is 863. The molecule has 156 valence electrons. The number of ether oxygens (including phenoxy) is 2. The maximum Gasteiger partial charge on any atom is 0.330 e. The Morgan fingerprint density at radius 1 is 1.21 bits per heavy atom. The first kappa shape index (κ1) is 22.6. The summed E-state index contributed by atoms with van der Waals surface area (Å²) in [5.41, 5.74) is 1.38. The number of aryl methyl sites for hydroxylation is 3. The van der Waals surface area contributed by atoms with Gasteiger partial charge in [0.15, 0.2) is 0 Å². The smallest absolute Gasteiger partial charge is 0.330 e. The predicted molar refractivity (Wildman–Crippen MR) is 108 cm³/mol.